The van der Waals surface area contributed by atoms with E-state index in [1.165, 1.54) is 10.9 Å². The Morgan fingerprint density at radius 2 is 2.00 bits per heavy atom. The van der Waals surface area contributed by atoms with Gasteiger partial charge in [0.05, 0.1) is 22.8 Å². The summed E-state index contributed by atoms with van der Waals surface area (Å²) in [6.45, 7) is 0.567. The summed E-state index contributed by atoms with van der Waals surface area (Å²) in [7, 11) is 0. The molecule has 1 fully saturated rings. The summed E-state index contributed by atoms with van der Waals surface area (Å²) < 4.78 is 1.46. The minimum absolute atomic E-state index is 0.140. The molecule has 1 aliphatic carbocycles. The molecule has 1 amide bonds. The van der Waals surface area contributed by atoms with Crippen molar-refractivity contribution in [1.82, 2.24) is 14.9 Å². The molecule has 1 heterocycles. The maximum atomic E-state index is 12.3. The van der Waals surface area contributed by atoms with Crippen molar-refractivity contribution in [2.24, 2.45) is 0 Å². The van der Waals surface area contributed by atoms with Crippen LogP contribution in [0, 0.1) is 0 Å². The number of hydrogen-bond acceptors (Lipinski definition) is 4. The zero-order valence-electron chi connectivity index (χ0n) is 13.7. The molecule has 1 aromatic heterocycles. The molecule has 6 heteroatoms. The maximum Gasteiger partial charge on any atom is 0.261 e. The molecule has 0 unspecified atom stereocenters. The topological polar surface area (TPSA) is 84.2 Å². The van der Waals surface area contributed by atoms with Crippen molar-refractivity contribution in [2.75, 3.05) is 6.54 Å². The Bertz CT molecular complexity index is 778. The number of rotatable bonds is 5. The van der Waals surface area contributed by atoms with Crippen molar-refractivity contribution in [2.45, 2.75) is 50.7 Å². The number of para-hydroxylation sites is 1. The van der Waals surface area contributed by atoms with Crippen LogP contribution in [-0.4, -0.2) is 32.7 Å². The van der Waals surface area contributed by atoms with E-state index in [0.717, 1.165) is 32.1 Å². The molecular formula is C18H23N3O3. The first-order valence-electron chi connectivity index (χ1n) is 8.51. The van der Waals surface area contributed by atoms with Gasteiger partial charge >= 0.3 is 0 Å². The first-order chi connectivity index (χ1) is 11.6. The Morgan fingerprint density at radius 1 is 1.25 bits per heavy atom. The number of aryl methyl sites for hydroxylation is 1. The lowest BCUT2D eigenvalue weighted by atomic mass is 9.85. The third kappa shape index (κ3) is 3.82. The molecule has 0 spiro atoms. The lowest BCUT2D eigenvalue weighted by Gasteiger charge is -2.32. The quantitative estimate of drug-likeness (QED) is 0.872. The lowest BCUT2D eigenvalue weighted by Crippen LogP contribution is -2.44. The van der Waals surface area contributed by atoms with Crippen molar-refractivity contribution in [3.8, 4) is 0 Å². The number of aliphatic hydroxyl groups is 1. The smallest absolute Gasteiger partial charge is 0.261 e. The normalized spacial score (nSPS) is 16.9. The minimum atomic E-state index is -0.769. The zero-order valence-corrected chi connectivity index (χ0v) is 13.7. The Morgan fingerprint density at radius 3 is 2.79 bits per heavy atom. The highest BCUT2D eigenvalue weighted by molar-refractivity contribution is 5.77. The van der Waals surface area contributed by atoms with Crippen LogP contribution in [0.4, 0.5) is 0 Å². The van der Waals surface area contributed by atoms with Gasteiger partial charge in [0.15, 0.2) is 0 Å². The second-order valence-electron chi connectivity index (χ2n) is 6.57. The molecule has 1 aliphatic rings. The van der Waals surface area contributed by atoms with Crippen molar-refractivity contribution >= 4 is 16.8 Å². The second kappa shape index (κ2) is 7.13. The number of nitrogens with zero attached hydrogens (tertiary/aromatic N) is 2. The molecule has 3 rings (SSSR count). The predicted octanol–water partition coefficient (Wildman–Crippen LogP) is 1.60. The number of carbonyl (C=O) groups is 1. The number of amides is 1. The van der Waals surface area contributed by atoms with Crippen LogP contribution in [0.15, 0.2) is 35.4 Å². The van der Waals surface area contributed by atoms with Crippen molar-refractivity contribution in [3.05, 3.63) is 40.9 Å². The fourth-order valence-electron chi connectivity index (χ4n) is 3.23. The van der Waals surface area contributed by atoms with E-state index in [0.29, 0.717) is 10.9 Å². The predicted molar refractivity (Wildman–Crippen MR) is 91.7 cm³/mol. The molecule has 0 radical (unpaired) electrons. The standard InChI is InChI=1S/C18H23N3O3/c22-16(19-12-18(24)9-4-1-5-10-18)8-11-21-13-20-15-7-3-2-6-14(15)17(21)23/h2-3,6-7,13,24H,1,4-5,8-12H2,(H,19,22). The zero-order chi connectivity index (χ0) is 17.0. The molecule has 0 bridgehead atoms. The van der Waals surface area contributed by atoms with E-state index in [1.54, 1.807) is 18.2 Å². The van der Waals surface area contributed by atoms with E-state index in [9.17, 15) is 14.7 Å². The lowest BCUT2D eigenvalue weighted by molar-refractivity contribution is -0.123. The number of carbonyl (C=O) groups excluding carboxylic acids is 1. The van der Waals surface area contributed by atoms with Crippen LogP contribution < -0.4 is 10.9 Å². The van der Waals surface area contributed by atoms with Crippen molar-refractivity contribution in [1.29, 1.82) is 0 Å². The van der Waals surface area contributed by atoms with E-state index in [4.69, 9.17) is 0 Å². The number of fused-ring (bicyclic) bond motifs is 1. The Labute approximate surface area is 140 Å². The summed E-state index contributed by atoms with van der Waals surface area (Å²) in [5.74, 6) is -0.158. The van der Waals surface area contributed by atoms with Gasteiger partial charge < -0.3 is 10.4 Å². The Balaban J connectivity index is 1.56. The fourth-order valence-corrected chi connectivity index (χ4v) is 3.23. The van der Waals surface area contributed by atoms with Gasteiger partial charge in [0.2, 0.25) is 5.91 Å². The summed E-state index contributed by atoms with van der Waals surface area (Å²) in [5.41, 5.74) is -0.253. The summed E-state index contributed by atoms with van der Waals surface area (Å²) in [6.07, 6.45) is 6.30. The van der Waals surface area contributed by atoms with Gasteiger partial charge in [-0.3, -0.25) is 14.2 Å². The molecule has 24 heavy (non-hydrogen) atoms. The van der Waals surface area contributed by atoms with Crippen LogP contribution in [0.2, 0.25) is 0 Å². The number of benzene rings is 1. The van der Waals surface area contributed by atoms with Crippen LogP contribution >= 0.6 is 0 Å². The summed E-state index contributed by atoms with van der Waals surface area (Å²) >= 11 is 0. The van der Waals surface area contributed by atoms with Gasteiger partial charge in [0.25, 0.3) is 5.56 Å². The van der Waals surface area contributed by atoms with Crippen LogP contribution in [0.3, 0.4) is 0 Å². The van der Waals surface area contributed by atoms with Gasteiger partial charge in [-0.05, 0) is 25.0 Å². The minimum Gasteiger partial charge on any atom is -0.388 e. The van der Waals surface area contributed by atoms with Crippen LogP contribution in [0.5, 0.6) is 0 Å². The molecule has 128 valence electrons. The van der Waals surface area contributed by atoms with Gasteiger partial charge in [0, 0.05) is 19.5 Å². The third-order valence-electron chi connectivity index (χ3n) is 4.71. The number of aromatic nitrogens is 2. The van der Waals surface area contributed by atoms with Crippen LogP contribution in [0.25, 0.3) is 10.9 Å². The van der Waals surface area contributed by atoms with Gasteiger partial charge in [0.1, 0.15) is 0 Å². The third-order valence-corrected chi connectivity index (χ3v) is 4.71. The summed E-state index contributed by atoms with van der Waals surface area (Å²) in [4.78, 5) is 28.6. The van der Waals surface area contributed by atoms with Crippen molar-refractivity contribution < 1.29 is 9.90 Å². The highest BCUT2D eigenvalue weighted by Gasteiger charge is 2.29. The number of hydrogen-bond donors (Lipinski definition) is 2. The van der Waals surface area contributed by atoms with E-state index >= 15 is 0 Å². The Hall–Kier alpha value is -2.21. The van der Waals surface area contributed by atoms with Crippen molar-refractivity contribution in [3.63, 3.8) is 0 Å². The van der Waals surface area contributed by atoms with Crippen LogP contribution in [0.1, 0.15) is 38.5 Å². The monoisotopic (exact) mass is 329 g/mol. The highest BCUT2D eigenvalue weighted by Crippen LogP contribution is 2.27. The van der Waals surface area contributed by atoms with E-state index in [-0.39, 0.29) is 31.0 Å². The number of nitrogens with one attached hydrogen (secondary N) is 1. The molecule has 0 atom stereocenters. The summed E-state index contributed by atoms with van der Waals surface area (Å²) in [6, 6.07) is 7.16. The highest BCUT2D eigenvalue weighted by atomic mass is 16.3. The van der Waals surface area contributed by atoms with Gasteiger partial charge in [-0.15, -0.1) is 0 Å². The van der Waals surface area contributed by atoms with E-state index in [1.807, 2.05) is 6.07 Å². The maximum absolute atomic E-state index is 12.3. The Kier molecular flexibility index (Phi) is 4.94. The van der Waals surface area contributed by atoms with E-state index < -0.39 is 5.60 Å². The first-order valence-corrected chi connectivity index (χ1v) is 8.51. The van der Waals surface area contributed by atoms with Crippen LogP contribution in [-0.2, 0) is 11.3 Å². The average molecular weight is 329 g/mol. The molecule has 2 aromatic rings. The second-order valence-corrected chi connectivity index (χ2v) is 6.57. The molecule has 1 aromatic carbocycles. The van der Waals surface area contributed by atoms with E-state index in [2.05, 4.69) is 10.3 Å². The molecular weight excluding hydrogens is 306 g/mol. The fraction of sp³-hybridized carbons (Fsp3) is 0.500. The van der Waals surface area contributed by atoms with Gasteiger partial charge in [-0.2, -0.15) is 0 Å². The van der Waals surface area contributed by atoms with Gasteiger partial charge in [-0.1, -0.05) is 31.4 Å². The molecule has 0 aliphatic heterocycles. The molecule has 2 N–H and O–H groups in total. The first kappa shape index (κ1) is 16.6. The average Bonchev–Trinajstić information content (AvgIpc) is 2.60. The van der Waals surface area contributed by atoms with Gasteiger partial charge in [-0.25, -0.2) is 4.98 Å². The molecule has 1 saturated carbocycles. The largest absolute Gasteiger partial charge is 0.388 e. The SMILES string of the molecule is O=C(CCn1cnc2ccccc2c1=O)NCC1(O)CCCCC1. The molecule has 6 nitrogen and oxygen atoms in total. The molecule has 0 saturated heterocycles. The summed E-state index contributed by atoms with van der Waals surface area (Å²) in [5, 5.41) is 13.7.